The fourth-order valence-corrected chi connectivity index (χ4v) is 2.79. The Hall–Kier alpha value is -0.930. The van der Waals surface area contributed by atoms with E-state index in [-0.39, 0.29) is 12.3 Å². The normalized spacial score (nSPS) is 28.0. The largest absolute Gasteiger partial charge is 0.469 e. The number of methoxy groups -OCH3 is 1. The third kappa shape index (κ3) is 7.91. The number of rotatable bonds is 12. The van der Waals surface area contributed by atoms with E-state index >= 15 is 0 Å². The molecule has 1 heterocycles. The van der Waals surface area contributed by atoms with Gasteiger partial charge >= 0.3 is 11.9 Å². The number of aliphatic hydroxyl groups excluding tert-OH is 1. The highest BCUT2D eigenvalue weighted by Gasteiger charge is 2.49. The number of esters is 2. The number of hydrogen-bond acceptors (Lipinski definition) is 8. The maximum Gasteiger partial charge on any atom is 0.321 e. The van der Waals surface area contributed by atoms with E-state index < -0.39 is 42.6 Å². The fourth-order valence-electron chi connectivity index (χ4n) is 2.73. The van der Waals surface area contributed by atoms with Gasteiger partial charge in [0.05, 0.1) is 13.5 Å². The predicted molar refractivity (Wildman–Crippen MR) is 97.4 cm³/mol. The van der Waals surface area contributed by atoms with Crippen LogP contribution in [-0.2, 0) is 33.3 Å². The second-order valence-electron chi connectivity index (χ2n) is 6.31. The summed E-state index contributed by atoms with van der Waals surface area (Å²) in [6.45, 7) is 4.82. The quantitative estimate of drug-likeness (QED) is 0.295. The van der Waals surface area contributed by atoms with Crippen LogP contribution < -0.4 is 0 Å². The zero-order chi connectivity index (χ0) is 20.2. The van der Waals surface area contributed by atoms with Crippen LogP contribution >= 0.6 is 11.6 Å². The maximum absolute atomic E-state index is 11.8. The number of alkyl halides is 1. The first-order valence-corrected chi connectivity index (χ1v) is 9.90. The van der Waals surface area contributed by atoms with Crippen molar-refractivity contribution in [2.45, 2.75) is 76.7 Å². The standard InChI is InChI=1S/C18H31ClO8/c1-4-6-8-24-16-15(27-14(21)11-19)12(10-13(20)23-3)26-18(22)17(16)25-9-7-5-2/h12,15-18,22H,4-11H2,1-3H3/t12?,15-,16+,17?,18-/m1/s1. The van der Waals surface area contributed by atoms with Gasteiger partial charge in [0, 0.05) is 13.2 Å². The molecule has 0 spiro atoms. The van der Waals surface area contributed by atoms with Gasteiger partial charge in [-0.25, -0.2) is 0 Å². The van der Waals surface area contributed by atoms with Crippen LogP contribution in [0.3, 0.4) is 0 Å². The lowest BCUT2D eigenvalue weighted by Crippen LogP contribution is -2.61. The van der Waals surface area contributed by atoms with Gasteiger partial charge < -0.3 is 28.8 Å². The Balaban J connectivity index is 3.03. The topological polar surface area (TPSA) is 101 Å². The second kappa shape index (κ2) is 13.3. The molecule has 2 unspecified atom stereocenters. The van der Waals surface area contributed by atoms with Gasteiger partial charge in [0.2, 0.25) is 0 Å². The number of halogens is 1. The smallest absolute Gasteiger partial charge is 0.321 e. The molecule has 0 bridgehead atoms. The van der Waals surface area contributed by atoms with Crippen LogP contribution in [0.15, 0.2) is 0 Å². The van der Waals surface area contributed by atoms with E-state index in [2.05, 4.69) is 4.74 Å². The molecule has 0 aromatic heterocycles. The summed E-state index contributed by atoms with van der Waals surface area (Å²) < 4.78 is 27.3. The van der Waals surface area contributed by atoms with E-state index in [9.17, 15) is 14.7 Å². The molecule has 0 radical (unpaired) electrons. The molecule has 158 valence electrons. The molecule has 0 saturated carbocycles. The van der Waals surface area contributed by atoms with Gasteiger partial charge in [0.25, 0.3) is 0 Å². The average molecular weight is 411 g/mol. The first kappa shape index (κ1) is 24.1. The molecule has 0 aliphatic carbocycles. The minimum atomic E-state index is -1.32. The molecule has 9 heteroatoms. The van der Waals surface area contributed by atoms with Crippen molar-refractivity contribution < 1.29 is 38.4 Å². The molecule has 0 aromatic carbocycles. The molecule has 8 nitrogen and oxygen atoms in total. The minimum absolute atomic E-state index is 0.205. The first-order valence-electron chi connectivity index (χ1n) is 9.37. The molecule has 1 aliphatic rings. The Morgan fingerprint density at radius 2 is 1.59 bits per heavy atom. The summed E-state index contributed by atoms with van der Waals surface area (Å²) in [5.41, 5.74) is 0. The molecule has 5 atom stereocenters. The first-order chi connectivity index (χ1) is 13.0. The van der Waals surface area contributed by atoms with E-state index in [4.69, 9.17) is 30.5 Å². The lowest BCUT2D eigenvalue weighted by Gasteiger charge is -2.43. The summed E-state index contributed by atoms with van der Waals surface area (Å²) in [4.78, 5) is 23.5. The lowest BCUT2D eigenvalue weighted by atomic mass is 9.96. The van der Waals surface area contributed by atoms with Crippen molar-refractivity contribution in [2.75, 3.05) is 26.2 Å². The zero-order valence-electron chi connectivity index (χ0n) is 16.2. The summed E-state index contributed by atoms with van der Waals surface area (Å²) in [6.07, 6.45) is -1.66. The van der Waals surface area contributed by atoms with Crippen molar-refractivity contribution in [3.05, 3.63) is 0 Å². The second-order valence-corrected chi connectivity index (χ2v) is 6.58. The van der Waals surface area contributed by atoms with Gasteiger partial charge in [-0.15, -0.1) is 11.6 Å². The molecule has 1 fully saturated rings. The fraction of sp³-hybridized carbons (Fsp3) is 0.889. The summed E-state index contributed by atoms with van der Waals surface area (Å²) in [7, 11) is 1.24. The van der Waals surface area contributed by atoms with Gasteiger partial charge in [-0.3, -0.25) is 9.59 Å². The van der Waals surface area contributed by atoms with E-state index in [1.807, 2.05) is 13.8 Å². The van der Waals surface area contributed by atoms with Gasteiger partial charge in [-0.1, -0.05) is 26.7 Å². The lowest BCUT2D eigenvalue weighted by molar-refractivity contribution is -0.302. The minimum Gasteiger partial charge on any atom is -0.469 e. The SMILES string of the molecule is CCCCOC1[C@H](O)OC(CC(=O)OC)[C@@H](OC(=O)CCl)[C@@H]1OCCCC. The van der Waals surface area contributed by atoms with Crippen LogP contribution in [0.25, 0.3) is 0 Å². The average Bonchev–Trinajstić information content (AvgIpc) is 2.66. The van der Waals surface area contributed by atoms with Gasteiger partial charge in [0.15, 0.2) is 12.4 Å². The number of aliphatic hydroxyl groups is 1. The highest BCUT2D eigenvalue weighted by molar-refractivity contribution is 6.26. The molecule has 1 saturated heterocycles. The van der Waals surface area contributed by atoms with E-state index in [0.29, 0.717) is 13.2 Å². The van der Waals surface area contributed by atoms with Crippen molar-refractivity contribution in [1.29, 1.82) is 0 Å². The number of carbonyl (C=O) groups excluding carboxylic acids is 2. The molecular formula is C18H31ClO8. The highest BCUT2D eigenvalue weighted by Crippen LogP contribution is 2.29. The van der Waals surface area contributed by atoms with Gasteiger partial charge in [-0.2, -0.15) is 0 Å². The molecule has 1 aliphatic heterocycles. The molecular weight excluding hydrogens is 380 g/mol. The zero-order valence-corrected chi connectivity index (χ0v) is 17.0. The maximum atomic E-state index is 11.8. The summed E-state index contributed by atoms with van der Waals surface area (Å²) in [5, 5.41) is 10.4. The Labute approximate surface area is 165 Å². The number of ether oxygens (including phenoxy) is 5. The van der Waals surface area contributed by atoms with Crippen LogP contribution in [0.1, 0.15) is 46.0 Å². The number of hydrogen-bond donors (Lipinski definition) is 1. The summed E-state index contributed by atoms with van der Waals surface area (Å²) >= 11 is 5.57. The van der Waals surface area contributed by atoms with E-state index in [1.54, 1.807) is 0 Å². The van der Waals surface area contributed by atoms with E-state index in [0.717, 1.165) is 25.7 Å². The Kier molecular flexibility index (Phi) is 11.9. The van der Waals surface area contributed by atoms with Gasteiger partial charge in [-0.05, 0) is 12.8 Å². The van der Waals surface area contributed by atoms with Gasteiger partial charge in [0.1, 0.15) is 24.2 Å². The van der Waals surface area contributed by atoms with Crippen LogP contribution in [0, 0.1) is 0 Å². The van der Waals surface area contributed by atoms with Crippen LogP contribution in [0.2, 0.25) is 0 Å². The Bertz CT molecular complexity index is 447. The summed E-state index contributed by atoms with van der Waals surface area (Å²) in [5.74, 6) is -1.59. The third-order valence-corrected chi connectivity index (χ3v) is 4.42. The number of carbonyl (C=O) groups is 2. The molecule has 1 N–H and O–H groups in total. The Morgan fingerprint density at radius 1 is 1.00 bits per heavy atom. The third-order valence-electron chi connectivity index (χ3n) is 4.20. The van der Waals surface area contributed by atoms with Crippen LogP contribution in [0.5, 0.6) is 0 Å². The van der Waals surface area contributed by atoms with Crippen LogP contribution in [0.4, 0.5) is 0 Å². The van der Waals surface area contributed by atoms with Crippen molar-refractivity contribution in [3.8, 4) is 0 Å². The molecule has 0 aromatic rings. The van der Waals surface area contributed by atoms with Crippen molar-refractivity contribution in [2.24, 2.45) is 0 Å². The van der Waals surface area contributed by atoms with Crippen molar-refractivity contribution >= 4 is 23.5 Å². The van der Waals surface area contributed by atoms with Crippen molar-refractivity contribution in [1.82, 2.24) is 0 Å². The Morgan fingerprint density at radius 3 is 2.11 bits per heavy atom. The molecule has 1 rings (SSSR count). The molecule has 0 amide bonds. The van der Waals surface area contributed by atoms with Crippen molar-refractivity contribution in [3.63, 3.8) is 0 Å². The predicted octanol–water partition coefficient (Wildman–Crippen LogP) is 1.79. The van der Waals surface area contributed by atoms with Crippen LogP contribution in [-0.4, -0.2) is 74.0 Å². The highest BCUT2D eigenvalue weighted by atomic mass is 35.5. The monoisotopic (exact) mass is 410 g/mol. The number of unbranched alkanes of at least 4 members (excludes halogenated alkanes) is 2. The van der Waals surface area contributed by atoms with E-state index in [1.165, 1.54) is 7.11 Å². The molecule has 27 heavy (non-hydrogen) atoms. The summed E-state index contributed by atoms with van der Waals surface area (Å²) in [6, 6.07) is 0.